The number of halogens is 6. The van der Waals surface area contributed by atoms with Crippen LogP contribution in [0.2, 0.25) is 30.3 Å². The second-order valence-electron chi connectivity index (χ2n) is 3.97. The van der Waals surface area contributed by atoms with Gasteiger partial charge in [0, 0.05) is 11.1 Å². The normalized spacial score (nSPS) is 10.7. The number of esters is 1. The van der Waals surface area contributed by atoms with Gasteiger partial charge in [-0.2, -0.15) is 0 Å². The van der Waals surface area contributed by atoms with Crippen LogP contribution < -0.4 is 0 Å². The van der Waals surface area contributed by atoms with E-state index in [4.69, 9.17) is 69.6 Å². The van der Waals surface area contributed by atoms with Crippen molar-refractivity contribution in [3.05, 3.63) is 48.1 Å². The fourth-order valence-corrected chi connectivity index (χ4v) is 3.22. The summed E-state index contributed by atoms with van der Waals surface area (Å²) >= 11 is 36.2. The van der Waals surface area contributed by atoms with Gasteiger partial charge in [-0.25, -0.2) is 9.78 Å². The standard InChI is InChI=1S/C13H5Cl6NO2/c1-22-13(21)12-4(2-3-5(14)20-12)6-7(15)9(17)11(19)10(18)8(6)16/h2-3H,1H3. The van der Waals surface area contributed by atoms with Gasteiger partial charge in [0.25, 0.3) is 0 Å². The molecule has 0 saturated heterocycles. The molecule has 0 bridgehead atoms. The lowest BCUT2D eigenvalue weighted by atomic mass is 10.0. The largest absolute Gasteiger partial charge is 0.464 e. The molecule has 2 rings (SSSR count). The summed E-state index contributed by atoms with van der Waals surface area (Å²) < 4.78 is 4.68. The van der Waals surface area contributed by atoms with E-state index in [9.17, 15) is 4.79 Å². The Bertz CT molecular complexity index is 749. The van der Waals surface area contributed by atoms with Crippen molar-refractivity contribution in [3.8, 4) is 11.1 Å². The first-order valence-electron chi connectivity index (χ1n) is 5.56. The summed E-state index contributed by atoms with van der Waals surface area (Å²) in [6.45, 7) is 0. The van der Waals surface area contributed by atoms with E-state index in [0.717, 1.165) is 0 Å². The van der Waals surface area contributed by atoms with Crippen molar-refractivity contribution in [3.63, 3.8) is 0 Å². The second-order valence-corrected chi connectivity index (χ2v) is 6.24. The van der Waals surface area contributed by atoms with E-state index < -0.39 is 5.97 Å². The fraction of sp³-hybridized carbons (Fsp3) is 0.0769. The third kappa shape index (κ3) is 3.12. The summed E-state index contributed by atoms with van der Waals surface area (Å²) in [6.07, 6.45) is 0. The number of ether oxygens (including phenoxy) is 1. The maximum atomic E-state index is 11.9. The number of benzene rings is 1. The van der Waals surface area contributed by atoms with Crippen LogP contribution in [0.15, 0.2) is 12.1 Å². The summed E-state index contributed by atoms with van der Waals surface area (Å²) in [5.41, 5.74) is 0.410. The van der Waals surface area contributed by atoms with Crippen LogP contribution in [0.5, 0.6) is 0 Å². The van der Waals surface area contributed by atoms with Gasteiger partial charge in [-0.1, -0.05) is 69.6 Å². The monoisotopic (exact) mass is 417 g/mol. The lowest BCUT2D eigenvalue weighted by molar-refractivity contribution is 0.0595. The van der Waals surface area contributed by atoms with Crippen LogP contribution in [-0.2, 0) is 4.74 Å². The molecule has 0 amide bonds. The van der Waals surface area contributed by atoms with Crippen LogP contribution in [-0.4, -0.2) is 18.1 Å². The number of carbonyl (C=O) groups is 1. The minimum absolute atomic E-state index is 0.0125. The topological polar surface area (TPSA) is 39.2 Å². The second kappa shape index (κ2) is 7.00. The van der Waals surface area contributed by atoms with Crippen LogP contribution in [0.25, 0.3) is 11.1 Å². The molecular weight excluding hydrogens is 415 g/mol. The molecule has 1 heterocycles. The minimum atomic E-state index is -0.716. The number of aromatic nitrogens is 1. The number of hydrogen-bond donors (Lipinski definition) is 0. The Morgan fingerprint density at radius 1 is 0.909 bits per heavy atom. The van der Waals surface area contributed by atoms with Gasteiger partial charge in [0.15, 0.2) is 5.69 Å². The number of methoxy groups -OCH3 is 1. The van der Waals surface area contributed by atoms with Crippen LogP contribution in [0.3, 0.4) is 0 Å². The van der Waals surface area contributed by atoms with Crippen molar-refractivity contribution in [1.29, 1.82) is 0 Å². The molecule has 0 atom stereocenters. The number of pyridine rings is 1. The average molecular weight is 420 g/mol. The van der Waals surface area contributed by atoms with Crippen molar-refractivity contribution in [1.82, 2.24) is 4.98 Å². The molecule has 1 aromatic carbocycles. The quantitative estimate of drug-likeness (QED) is 0.243. The van der Waals surface area contributed by atoms with Crippen LogP contribution >= 0.6 is 69.6 Å². The van der Waals surface area contributed by atoms with Crippen molar-refractivity contribution in [2.45, 2.75) is 0 Å². The molecule has 0 aliphatic rings. The molecule has 1 aromatic heterocycles. The Morgan fingerprint density at radius 2 is 1.41 bits per heavy atom. The van der Waals surface area contributed by atoms with Crippen molar-refractivity contribution >= 4 is 75.6 Å². The molecule has 22 heavy (non-hydrogen) atoms. The molecule has 116 valence electrons. The van der Waals surface area contributed by atoms with Crippen molar-refractivity contribution < 1.29 is 9.53 Å². The van der Waals surface area contributed by atoms with E-state index >= 15 is 0 Å². The van der Waals surface area contributed by atoms with E-state index in [-0.39, 0.29) is 47.1 Å². The van der Waals surface area contributed by atoms with Gasteiger partial charge < -0.3 is 4.74 Å². The summed E-state index contributed by atoms with van der Waals surface area (Å²) in [5, 5.41) is 0.217. The van der Waals surface area contributed by atoms with Gasteiger partial charge in [-0.3, -0.25) is 0 Å². The highest BCUT2D eigenvalue weighted by atomic mass is 35.5. The lowest BCUT2D eigenvalue weighted by Crippen LogP contribution is -2.07. The fourth-order valence-electron chi connectivity index (χ4n) is 1.73. The molecular formula is C13H5Cl6NO2. The maximum Gasteiger partial charge on any atom is 0.357 e. The predicted octanol–water partition coefficient (Wildman–Crippen LogP) is 6.46. The Hall–Kier alpha value is -0.420. The maximum absolute atomic E-state index is 11.9. The SMILES string of the molecule is COC(=O)c1nc(Cl)ccc1-c1c(Cl)c(Cl)c(Cl)c(Cl)c1Cl. The van der Waals surface area contributed by atoms with E-state index in [1.165, 1.54) is 19.2 Å². The van der Waals surface area contributed by atoms with E-state index in [0.29, 0.717) is 0 Å². The molecule has 0 saturated carbocycles. The molecule has 0 spiro atoms. The van der Waals surface area contributed by atoms with Gasteiger partial charge in [-0.15, -0.1) is 0 Å². The highest BCUT2D eigenvalue weighted by Crippen LogP contribution is 2.48. The third-order valence-corrected chi connectivity index (χ3v) is 5.21. The first-order valence-corrected chi connectivity index (χ1v) is 7.83. The van der Waals surface area contributed by atoms with Crippen LogP contribution in [0.4, 0.5) is 0 Å². The lowest BCUT2D eigenvalue weighted by Gasteiger charge is -2.14. The summed E-state index contributed by atoms with van der Waals surface area (Å²) in [6, 6.07) is 2.97. The molecule has 2 aromatic rings. The molecule has 0 fully saturated rings. The Balaban J connectivity index is 2.86. The molecule has 0 N–H and O–H groups in total. The smallest absolute Gasteiger partial charge is 0.357 e. The zero-order valence-corrected chi connectivity index (χ0v) is 15.2. The summed E-state index contributed by atoms with van der Waals surface area (Å²) in [5.74, 6) is -0.716. The minimum Gasteiger partial charge on any atom is -0.464 e. The van der Waals surface area contributed by atoms with Gasteiger partial charge in [-0.05, 0) is 12.1 Å². The number of rotatable bonds is 2. The molecule has 0 radical (unpaired) electrons. The van der Waals surface area contributed by atoms with Gasteiger partial charge in [0.2, 0.25) is 0 Å². The third-order valence-electron chi connectivity index (χ3n) is 2.72. The zero-order valence-electron chi connectivity index (χ0n) is 10.7. The zero-order chi connectivity index (χ0) is 16.6. The number of hydrogen-bond acceptors (Lipinski definition) is 3. The van der Waals surface area contributed by atoms with E-state index in [1.54, 1.807) is 0 Å². The molecule has 3 nitrogen and oxygen atoms in total. The van der Waals surface area contributed by atoms with Gasteiger partial charge >= 0.3 is 5.97 Å². The molecule has 0 unspecified atom stereocenters. The van der Waals surface area contributed by atoms with E-state index in [1.807, 2.05) is 0 Å². The van der Waals surface area contributed by atoms with Crippen molar-refractivity contribution in [2.75, 3.05) is 7.11 Å². The van der Waals surface area contributed by atoms with Crippen molar-refractivity contribution in [2.24, 2.45) is 0 Å². The highest BCUT2D eigenvalue weighted by Gasteiger charge is 2.25. The predicted molar refractivity (Wildman–Crippen MR) is 91.1 cm³/mol. The Kier molecular flexibility index (Phi) is 5.70. The molecule has 9 heteroatoms. The summed E-state index contributed by atoms with van der Waals surface area (Å²) in [4.78, 5) is 15.8. The van der Waals surface area contributed by atoms with E-state index in [2.05, 4.69) is 9.72 Å². The summed E-state index contributed by atoms with van der Waals surface area (Å²) in [7, 11) is 1.21. The number of nitrogens with zero attached hydrogens (tertiary/aromatic N) is 1. The Morgan fingerprint density at radius 3 is 1.91 bits per heavy atom. The van der Waals surface area contributed by atoms with Gasteiger partial charge in [0.1, 0.15) is 5.15 Å². The Labute approximate surface area is 156 Å². The first kappa shape index (κ1) is 17.9. The molecule has 0 aliphatic carbocycles. The van der Waals surface area contributed by atoms with Crippen LogP contribution in [0.1, 0.15) is 10.5 Å². The van der Waals surface area contributed by atoms with Crippen LogP contribution in [0, 0.1) is 0 Å². The first-order chi connectivity index (χ1) is 10.3. The average Bonchev–Trinajstić information content (AvgIpc) is 2.51. The number of carbonyl (C=O) groups excluding carboxylic acids is 1. The van der Waals surface area contributed by atoms with Gasteiger partial charge in [0.05, 0.1) is 32.2 Å². The highest BCUT2D eigenvalue weighted by molar-refractivity contribution is 6.56. The molecule has 0 aliphatic heterocycles.